The third-order valence-electron chi connectivity index (χ3n) is 19.1. The van der Waals surface area contributed by atoms with E-state index in [-0.39, 0.29) is 11.0 Å². The normalized spacial score (nSPS) is 15.2. The molecule has 0 fully saturated rings. The minimum Gasteiger partial charge on any atom is -0.477 e. The Kier molecular flexibility index (Phi) is 15.7. The van der Waals surface area contributed by atoms with E-state index in [0.717, 1.165) is 88.9 Å². The van der Waals surface area contributed by atoms with Crippen LogP contribution in [-0.4, -0.2) is 19.8 Å². The summed E-state index contributed by atoms with van der Waals surface area (Å²) >= 11 is 5.26. The fraction of sp³-hybridized carbons (Fsp3) is 0.299. The number of aromatic nitrogens is 2. The molecule has 3 heterocycles. The van der Waals surface area contributed by atoms with Crippen molar-refractivity contribution in [2.75, 3.05) is 4.90 Å². The fourth-order valence-corrected chi connectivity index (χ4v) is 18.4. The van der Waals surface area contributed by atoms with Gasteiger partial charge in [-0.05, 0) is 203 Å². The van der Waals surface area contributed by atoms with E-state index in [1.54, 1.807) is 0 Å². The third-order valence-corrected chi connectivity index (χ3v) is 22.4. The Morgan fingerprint density at radius 2 is 1.07 bits per heavy atom. The summed E-state index contributed by atoms with van der Waals surface area (Å²) in [6.07, 6.45) is 15.2. The van der Waals surface area contributed by atoms with Crippen molar-refractivity contribution in [3.8, 4) is 71.5 Å². The van der Waals surface area contributed by atoms with Crippen molar-refractivity contribution in [3.05, 3.63) is 199 Å². The minimum atomic E-state index is -1.22. The smallest absolute Gasteiger partial charge is 0.346 e. The van der Waals surface area contributed by atoms with Crippen LogP contribution in [0.1, 0.15) is 152 Å². The van der Waals surface area contributed by atoms with Crippen LogP contribution in [0.2, 0.25) is 0 Å². The number of carboxylic acids is 1. The second-order valence-corrected chi connectivity index (χ2v) is 27.5. The van der Waals surface area contributed by atoms with Crippen LogP contribution >= 0.6 is 34.4 Å². The predicted octanol–water partition coefficient (Wildman–Crippen LogP) is 22.1. The minimum absolute atomic E-state index is 0.133. The first kappa shape index (κ1) is 57.3. The number of carboxylic acid groups (broad SMARTS) is 1. The van der Waals surface area contributed by atoms with E-state index < -0.39 is 5.97 Å². The Morgan fingerprint density at radius 3 is 1.59 bits per heavy atom. The van der Waals surface area contributed by atoms with Gasteiger partial charge in [-0.15, -0.1) is 22.7 Å². The highest BCUT2D eigenvalue weighted by molar-refractivity contribution is 7.18. The number of hydrogen-bond acceptors (Lipinski definition) is 8. The lowest BCUT2D eigenvalue weighted by Gasteiger charge is -2.37. The molecule has 13 rings (SSSR count). The van der Waals surface area contributed by atoms with E-state index in [9.17, 15) is 15.2 Å². The number of nitriles is 1. The van der Waals surface area contributed by atoms with E-state index in [1.165, 1.54) is 154 Å². The third kappa shape index (κ3) is 10.3. The molecule has 2 unspecified atom stereocenters. The largest absolute Gasteiger partial charge is 0.477 e. The summed E-state index contributed by atoms with van der Waals surface area (Å²) in [5, 5.41) is 19.1. The first-order valence-corrected chi connectivity index (χ1v) is 33.5. The molecular weight excluding hydrogens is 1110 g/mol. The molecule has 1 N–H and O–H groups in total. The van der Waals surface area contributed by atoms with Gasteiger partial charge >= 0.3 is 5.97 Å². The van der Waals surface area contributed by atoms with Gasteiger partial charge in [0.15, 0.2) is 0 Å². The van der Waals surface area contributed by atoms with Crippen molar-refractivity contribution in [3.63, 3.8) is 0 Å². The maximum Gasteiger partial charge on any atom is 0.346 e. The molecule has 0 aliphatic heterocycles. The van der Waals surface area contributed by atoms with E-state index in [0.29, 0.717) is 17.4 Å². The number of rotatable bonds is 20. The number of anilines is 3. The Bertz CT molecular complexity index is 4230. The fourth-order valence-electron chi connectivity index (χ4n) is 15.0. The predicted molar refractivity (Wildman–Crippen MR) is 363 cm³/mol. The molecule has 432 valence electrons. The molecule has 3 aliphatic carbocycles. The lowest BCUT2D eigenvalue weighted by Crippen LogP contribution is -2.30. The Labute approximate surface area is 519 Å². The molecule has 2 atom stereocenters. The van der Waals surface area contributed by atoms with Crippen LogP contribution < -0.4 is 4.90 Å². The average Bonchev–Trinajstić information content (AvgIpc) is 1.58. The van der Waals surface area contributed by atoms with E-state index in [2.05, 4.69) is 182 Å². The summed E-state index contributed by atoms with van der Waals surface area (Å²) in [6.45, 7) is 18.4. The molecule has 0 radical (unpaired) electrons. The number of aryl methyl sites for hydroxylation is 4. The highest BCUT2D eigenvalue weighted by Gasteiger charge is 2.49. The second-order valence-electron chi connectivity index (χ2n) is 24.9. The quantitative estimate of drug-likeness (QED) is 0.0604. The van der Waals surface area contributed by atoms with Crippen LogP contribution in [0.25, 0.3) is 82.5 Å². The molecule has 10 aromatic rings. The molecule has 0 spiro atoms. The summed E-state index contributed by atoms with van der Waals surface area (Å²) in [6, 6.07) is 52.1. The number of benzene rings is 7. The number of hydrogen-bond donors (Lipinski definition) is 1. The van der Waals surface area contributed by atoms with Gasteiger partial charge in [-0.25, -0.2) is 4.79 Å². The van der Waals surface area contributed by atoms with Gasteiger partial charge in [0, 0.05) is 53.1 Å². The lowest BCUT2D eigenvalue weighted by molar-refractivity contribution is -0.132. The van der Waals surface area contributed by atoms with Gasteiger partial charge in [0.05, 0.1) is 11.7 Å². The summed E-state index contributed by atoms with van der Waals surface area (Å²) in [5.74, 6) is -0.0322. The molecule has 0 amide bonds. The number of fused-ring (bicyclic) bond motifs is 10. The van der Waals surface area contributed by atoms with Gasteiger partial charge < -0.3 is 10.0 Å². The van der Waals surface area contributed by atoms with Gasteiger partial charge in [0.1, 0.15) is 22.7 Å². The van der Waals surface area contributed by atoms with Crippen LogP contribution in [0.15, 0.2) is 139 Å². The topological polar surface area (TPSA) is 90.1 Å². The van der Waals surface area contributed by atoms with E-state index in [4.69, 9.17) is 8.75 Å². The Balaban J connectivity index is 0.883. The first-order valence-electron chi connectivity index (χ1n) is 31.2. The molecule has 0 saturated heterocycles. The lowest BCUT2D eigenvalue weighted by atomic mass is 9.70. The van der Waals surface area contributed by atoms with E-state index >= 15 is 0 Å². The average molecular weight is 1180 g/mol. The van der Waals surface area contributed by atoms with Crippen molar-refractivity contribution in [1.82, 2.24) is 8.75 Å². The van der Waals surface area contributed by atoms with E-state index in [1.807, 2.05) is 40.9 Å². The van der Waals surface area contributed by atoms with Crippen LogP contribution in [0, 0.1) is 50.9 Å². The molecule has 3 aliphatic rings. The molecule has 3 aromatic heterocycles. The summed E-state index contributed by atoms with van der Waals surface area (Å²) < 4.78 is 10.2. The molecule has 7 aromatic carbocycles. The van der Waals surface area contributed by atoms with Gasteiger partial charge in [-0.1, -0.05) is 175 Å². The van der Waals surface area contributed by atoms with Crippen molar-refractivity contribution < 1.29 is 9.90 Å². The SMILES string of the molecule is CCCCC(CC)CC1(CC(CC)CCCC)c2sc(-c3ccc(/C=C(\C#N)C(=O)O)cc3)cc2-c2cc(-c3ccc(-c4ccc(N(c5ccc6c(c5)Cc5cc(C)cc(C)c5-6)c5ccc6c(c5)Cc5cc(C)cc(C)c5-6)cc4)c4nsnc34)sc21. The monoisotopic (exact) mass is 1180 g/mol. The Morgan fingerprint density at radius 1 is 0.581 bits per heavy atom. The van der Waals surface area contributed by atoms with Crippen molar-refractivity contribution in [1.29, 1.82) is 5.26 Å². The molecule has 0 bridgehead atoms. The molecule has 86 heavy (non-hydrogen) atoms. The number of unbranched alkanes of at least 4 members (excludes halogenated alkanes) is 2. The van der Waals surface area contributed by atoms with Crippen molar-refractivity contribution in [2.45, 2.75) is 138 Å². The maximum absolute atomic E-state index is 11.7. The second kappa shape index (κ2) is 23.5. The molecule has 9 heteroatoms. The van der Waals surface area contributed by atoms with Crippen LogP contribution in [-0.2, 0) is 23.1 Å². The van der Waals surface area contributed by atoms with Crippen LogP contribution in [0.5, 0.6) is 0 Å². The summed E-state index contributed by atoms with van der Waals surface area (Å²) in [7, 11) is 0. The molecule has 6 nitrogen and oxygen atoms in total. The zero-order valence-corrected chi connectivity index (χ0v) is 53.2. The van der Waals surface area contributed by atoms with Gasteiger partial charge in [-0.3, -0.25) is 0 Å². The highest BCUT2D eigenvalue weighted by Crippen LogP contribution is 2.63. The zero-order chi connectivity index (χ0) is 59.5. The standard InChI is InChI=1S/C77H74N4O2S3/c1-9-13-15-49(11-3)42-77(43-50(12-4)16-14-10-2)74-66(40-68(84-74)53-19-17-51(18-20-53)35-58(44-78)76(82)83)67-41-69(85-75(67)77)65-30-29-64(72-73(65)80-86-79-72)52-21-23-59(24-22-52)81(60-25-27-62-54(38-60)36-56-33-45(5)31-47(7)70(56)62)61-26-28-63-55(39-61)37-57-34-46(6)32-48(8)71(57)63/h17-35,38-41,49-50H,9-16,36-37,42-43H2,1-8H3,(H,82,83)/b58-35+. The molecule has 0 saturated carbocycles. The first-order chi connectivity index (χ1) is 41.8. The van der Waals surface area contributed by atoms with Crippen LogP contribution in [0.4, 0.5) is 17.1 Å². The Hall–Kier alpha value is -7.74. The molecular formula is C77H74N4O2S3. The summed E-state index contributed by atoms with van der Waals surface area (Å²) in [4.78, 5) is 19.6. The maximum atomic E-state index is 11.7. The summed E-state index contributed by atoms with van der Waals surface area (Å²) in [5.41, 5.74) is 29.1. The number of nitrogens with zero attached hydrogens (tertiary/aromatic N) is 4. The van der Waals surface area contributed by atoms with Crippen molar-refractivity contribution in [2.24, 2.45) is 11.8 Å². The number of carbonyl (C=O) groups is 1. The van der Waals surface area contributed by atoms with Gasteiger partial charge in [0.25, 0.3) is 0 Å². The van der Waals surface area contributed by atoms with Gasteiger partial charge in [0.2, 0.25) is 0 Å². The number of thiophene rings is 2. The zero-order valence-electron chi connectivity index (χ0n) is 50.8. The number of aliphatic carboxylic acids is 1. The van der Waals surface area contributed by atoms with Crippen LogP contribution in [0.3, 0.4) is 0 Å². The van der Waals surface area contributed by atoms with Crippen molar-refractivity contribution >= 4 is 74.5 Å². The van der Waals surface area contributed by atoms with Gasteiger partial charge in [-0.2, -0.15) is 14.0 Å². The highest BCUT2D eigenvalue weighted by atomic mass is 32.1.